The van der Waals surface area contributed by atoms with E-state index in [0.29, 0.717) is 29.0 Å². The van der Waals surface area contributed by atoms with Crippen molar-refractivity contribution in [3.8, 4) is 17.6 Å². The van der Waals surface area contributed by atoms with Crippen LogP contribution in [0.5, 0.6) is 11.5 Å². The molecule has 1 saturated heterocycles. The van der Waals surface area contributed by atoms with Gasteiger partial charge in [-0.2, -0.15) is 5.26 Å². The van der Waals surface area contributed by atoms with Gasteiger partial charge in [0.15, 0.2) is 11.5 Å². The lowest BCUT2D eigenvalue weighted by Gasteiger charge is -2.36. The highest BCUT2D eigenvalue weighted by atomic mass is 16.7. The molecule has 9 heteroatoms. The summed E-state index contributed by atoms with van der Waals surface area (Å²) in [6.07, 6.45) is 0.692. The summed E-state index contributed by atoms with van der Waals surface area (Å²) in [4.78, 5) is 44.9. The Bertz CT molecular complexity index is 1790. The van der Waals surface area contributed by atoms with Crippen LogP contribution >= 0.6 is 0 Å². The van der Waals surface area contributed by atoms with Crippen molar-refractivity contribution in [2.24, 2.45) is 5.73 Å². The van der Waals surface area contributed by atoms with Crippen LogP contribution in [0.1, 0.15) is 41.6 Å². The van der Waals surface area contributed by atoms with Crippen molar-refractivity contribution >= 4 is 28.5 Å². The van der Waals surface area contributed by atoms with Crippen molar-refractivity contribution < 1.29 is 23.9 Å². The van der Waals surface area contributed by atoms with Gasteiger partial charge in [-0.05, 0) is 65.1 Å². The van der Waals surface area contributed by atoms with Crippen molar-refractivity contribution in [3.63, 3.8) is 0 Å². The van der Waals surface area contributed by atoms with Crippen molar-refractivity contribution in [1.29, 1.82) is 5.26 Å². The zero-order valence-corrected chi connectivity index (χ0v) is 24.3. The topological polar surface area (TPSA) is 126 Å². The molecule has 0 aliphatic carbocycles. The fourth-order valence-corrected chi connectivity index (χ4v) is 6.25. The number of rotatable bonds is 7. The lowest BCUT2D eigenvalue weighted by molar-refractivity contribution is -0.148. The predicted octanol–water partition coefficient (Wildman–Crippen LogP) is 4.27. The van der Waals surface area contributed by atoms with E-state index < -0.39 is 23.9 Å². The maximum atomic E-state index is 14.6. The number of fused-ring (bicyclic) bond motifs is 2. The van der Waals surface area contributed by atoms with Gasteiger partial charge in [-0.15, -0.1) is 0 Å². The molecule has 9 nitrogen and oxygen atoms in total. The number of nitrogens with two attached hydrogens (primary N) is 1. The monoisotopic (exact) mass is 588 g/mol. The van der Waals surface area contributed by atoms with Gasteiger partial charge in [0, 0.05) is 19.0 Å². The third kappa shape index (κ3) is 5.54. The number of primary amides is 1. The average Bonchev–Trinajstić information content (AvgIpc) is 3.46. The molecule has 4 aromatic rings. The molecule has 3 amide bonds. The first kappa shape index (κ1) is 28.7. The molecular formula is C35H32N4O5. The number of amides is 3. The van der Waals surface area contributed by atoms with E-state index in [2.05, 4.69) is 6.07 Å². The number of ether oxygens (including phenoxy) is 2. The normalized spacial score (nSPS) is 18.5. The molecule has 0 spiro atoms. The summed E-state index contributed by atoms with van der Waals surface area (Å²) in [5.74, 6) is -0.109. The number of benzene rings is 4. The van der Waals surface area contributed by atoms with Gasteiger partial charge >= 0.3 is 0 Å². The SMILES string of the molecule is C[C@@H]1CCN(C(Cc2cccc3ccccc23)C(N)=O)C(=O)[C@H](c2cccc(C#N)c2)N1C(=O)Cc1ccc2c(c1)OCO2. The second-order valence-electron chi connectivity index (χ2n) is 11.2. The maximum absolute atomic E-state index is 14.6. The molecule has 222 valence electrons. The van der Waals surface area contributed by atoms with Crippen LogP contribution in [-0.4, -0.2) is 52.9 Å². The maximum Gasteiger partial charge on any atom is 0.250 e. The Balaban J connectivity index is 1.38. The van der Waals surface area contributed by atoms with E-state index in [1.165, 1.54) is 4.90 Å². The Hall–Kier alpha value is -5.36. The molecule has 1 fully saturated rings. The second kappa shape index (κ2) is 12.1. The summed E-state index contributed by atoms with van der Waals surface area (Å²) in [5.41, 5.74) is 8.48. The quantitative estimate of drug-likeness (QED) is 0.344. The van der Waals surface area contributed by atoms with Crippen molar-refractivity contribution in [1.82, 2.24) is 9.80 Å². The molecule has 0 aromatic heterocycles. The zero-order valence-electron chi connectivity index (χ0n) is 24.3. The Morgan fingerprint density at radius 2 is 1.77 bits per heavy atom. The van der Waals surface area contributed by atoms with E-state index in [1.54, 1.807) is 47.4 Å². The van der Waals surface area contributed by atoms with Crippen LogP contribution in [0.2, 0.25) is 0 Å². The van der Waals surface area contributed by atoms with E-state index in [4.69, 9.17) is 15.2 Å². The van der Waals surface area contributed by atoms with Crippen molar-refractivity contribution in [2.75, 3.05) is 13.3 Å². The largest absolute Gasteiger partial charge is 0.454 e. The Labute approximate surface area is 255 Å². The highest BCUT2D eigenvalue weighted by Gasteiger charge is 2.43. The fraction of sp³-hybridized carbons (Fsp3) is 0.257. The third-order valence-corrected chi connectivity index (χ3v) is 8.47. The predicted molar refractivity (Wildman–Crippen MR) is 163 cm³/mol. The molecule has 2 N–H and O–H groups in total. The van der Waals surface area contributed by atoms with Crippen LogP contribution < -0.4 is 15.2 Å². The fourth-order valence-electron chi connectivity index (χ4n) is 6.25. The summed E-state index contributed by atoms with van der Waals surface area (Å²) in [6, 6.07) is 25.6. The summed E-state index contributed by atoms with van der Waals surface area (Å²) < 4.78 is 10.9. The average molecular weight is 589 g/mol. The van der Waals surface area contributed by atoms with Crippen LogP contribution in [0, 0.1) is 11.3 Å². The van der Waals surface area contributed by atoms with E-state index in [9.17, 15) is 19.6 Å². The minimum absolute atomic E-state index is 0.0257. The van der Waals surface area contributed by atoms with Crippen LogP contribution in [0.15, 0.2) is 84.9 Å². The molecule has 2 aliphatic rings. The van der Waals surface area contributed by atoms with Gasteiger partial charge in [-0.3, -0.25) is 14.4 Å². The molecule has 44 heavy (non-hydrogen) atoms. The number of nitrogens with zero attached hydrogens (tertiary/aromatic N) is 3. The molecule has 4 aromatic carbocycles. The number of carbonyl (C=O) groups is 3. The van der Waals surface area contributed by atoms with Gasteiger partial charge in [0.25, 0.3) is 5.91 Å². The minimum atomic E-state index is -1.06. The number of nitriles is 1. The number of carbonyl (C=O) groups excluding carboxylic acids is 3. The first-order chi connectivity index (χ1) is 21.3. The molecular weight excluding hydrogens is 556 g/mol. The molecule has 1 unspecified atom stereocenters. The molecule has 0 radical (unpaired) electrons. The number of hydrogen-bond donors (Lipinski definition) is 1. The standard InChI is InChI=1S/C35H32N4O5/c1-22-14-15-38(29(34(37)41)19-26-9-5-8-25-7-2-3-11-28(25)26)35(42)33(27-10-4-6-24(16-27)20-36)39(22)32(40)18-23-12-13-30-31(17-23)44-21-43-30/h2-13,16-17,22,29,33H,14-15,18-19,21H2,1H3,(H2,37,41)/t22-,29?,33+/m1/s1. The molecule has 2 aliphatic heterocycles. The lowest BCUT2D eigenvalue weighted by Crippen LogP contribution is -2.52. The lowest BCUT2D eigenvalue weighted by atomic mass is 9.96. The van der Waals surface area contributed by atoms with Gasteiger partial charge in [0.2, 0.25) is 18.6 Å². The molecule has 6 rings (SSSR count). The van der Waals surface area contributed by atoms with E-state index in [0.717, 1.165) is 21.9 Å². The smallest absolute Gasteiger partial charge is 0.250 e. The Morgan fingerprint density at radius 1 is 1.00 bits per heavy atom. The molecule has 2 heterocycles. The second-order valence-corrected chi connectivity index (χ2v) is 11.2. The minimum Gasteiger partial charge on any atom is -0.454 e. The molecule has 3 atom stereocenters. The van der Waals surface area contributed by atoms with Gasteiger partial charge < -0.3 is 25.0 Å². The van der Waals surface area contributed by atoms with Gasteiger partial charge in [-0.25, -0.2) is 0 Å². The number of hydrogen-bond acceptors (Lipinski definition) is 6. The van der Waals surface area contributed by atoms with Crippen LogP contribution in [-0.2, 0) is 27.2 Å². The summed E-state index contributed by atoms with van der Waals surface area (Å²) in [7, 11) is 0. The van der Waals surface area contributed by atoms with Crippen LogP contribution in [0.25, 0.3) is 10.8 Å². The molecule has 0 saturated carbocycles. The van der Waals surface area contributed by atoms with Crippen LogP contribution in [0.4, 0.5) is 0 Å². The van der Waals surface area contributed by atoms with E-state index in [-0.39, 0.29) is 38.1 Å². The van der Waals surface area contributed by atoms with Crippen molar-refractivity contribution in [2.45, 2.75) is 44.3 Å². The van der Waals surface area contributed by atoms with E-state index in [1.807, 2.05) is 49.4 Å². The highest BCUT2D eigenvalue weighted by molar-refractivity contribution is 5.94. The van der Waals surface area contributed by atoms with Crippen molar-refractivity contribution in [3.05, 3.63) is 107 Å². The summed E-state index contributed by atoms with van der Waals surface area (Å²) in [5, 5.41) is 11.6. The van der Waals surface area contributed by atoms with Gasteiger partial charge in [-0.1, -0.05) is 60.7 Å². The summed E-state index contributed by atoms with van der Waals surface area (Å²) >= 11 is 0. The first-order valence-corrected chi connectivity index (χ1v) is 14.6. The van der Waals surface area contributed by atoms with Gasteiger partial charge in [0.1, 0.15) is 12.1 Å². The molecule has 0 bridgehead atoms. The first-order valence-electron chi connectivity index (χ1n) is 14.6. The van der Waals surface area contributed by atoms with Crippen LogP contribution in [0.3, 0.4) is 0 Å². The summed E-state index contributed by atoms with van der Waals surface area (Å²) in [6.45, 7) is 2.26. The van der Waals surface area contributed by atoms with E-state index >= 15 is 0 Å². The zero-order chi connectivity index (χ0) is 30.8. The Kier molecular flexibility index (Phi) is 7.90. The van der Waals surface area contributed by atoms with Gasteiger partial charge in [0.05, 0.1) is 18.1 Å². The third-order valence-electron chi connectivity index (χ3n) is 8.47. The Morgan fingerprint density at radius 3 is 2.59 bits per heavy atom. The highest BCUT2D eigenvalue weighted by Crippen LogP contribution is 2.35.